The summed E-state index contributed by atoms with van der Waals surface area (Å²) in [5, 5.41) is 4.59. The second-order valence-corrected chi connectivity index (χ2v) is 9.21. The zero-order chi connectivity index (χ0) is 25.3. The summed E-state index contributed by atoms with van der Waals surface area (Å²) in [5.74, 6) is 1.95. The van der Waals surface area contributed by atoms with Crippen LogP contribution in [0, 0.1) is 0 Å². The number of fused-ring (bicyclic) bond motifs is 3. The fourth-order valence-corrected chi connectivity index (χ4v) is 4.83. The molecule has 5 aromatic carbocycles. The average molecular weight is 487 g/mol. The topological polar surface area (TPSA) is 51.6 Å². The van der Waals surface area contributed by atoms with E-state index in [9.17, 15) is 0 Å². The molecular weight excluding hydrogens is 464 g/mol. The summed E-state index contributed by atoms with van der Waals surface area (Å²) >= 11 is 0. The molecule has 0 spiro atoms. The number of nitrogens with zero attached hydrogens (tertiary/aromatic N) is 4. The molecule has 178 valence electrons. The minimum absolute atomic E-state index is 0.647. The van der Waals surface area contributed by atoms with Crippen molar-refractivity contribution in [2.75, 3.05) is 0 Å². The molecule has 0 saturated heterocycles. The van der Waals surface area contributed by atoms with Gasteiger partial charge in [-0.15, -0.1) is 0 Å². The molecular formula is C34H22N4. The van der Waals surface area contributed by atoms with Crippen molar-refractivity contribution < 1.29 is 0 Å². The van der Waals surface area contributed by atoms with Crippen LogP contribution in [0.15, 0.2) is 134 Å². The zero-order valence-corrected chi connectivity index (χ0v) is 20.5. The molecule has 2 heterocycles. The minimum atomic E-state index is 0.647. The molecule has 0 bridgehead atoms. The Morgan fingerprint density at radius 1 is 0.368 bits per heavy atom. The van der Waals surface area contributed by atoms with E-state index in [0.29, 0.717) is 17.5 Å². The normalized spacial score (nSPS) is 11.2. The predicted octanol–water partition coefficient (Wildman–Crippen LogP) is 8.24. The highest BCUT2D eigenvalue weighted by Crippen LogP contribution is 2.30. The fraction of sp³-hybridized carbons (Fsp3) is 0. The van der Waals surface area contributed by atoms with Gasteiger partial charge >= 0.3 is 0 Å². The molecule has 4 nitrogen and oxygen atoms in total. The Bertz CT molecular complexity index is 1900. The Morgan fingerprint density at radius 2 is 0.895 bits per heavy atom. The van der Waals surface area contributed by atoms with Gasteiger partial charge in [-0.2, -0.15) is 0 Å². The molecule has 0 unspecified atom stereocenters. The first-order valence-electron chi connectivity index (χ1n) is 12.6. The first-order chi connectivity index (χ1) is 18.8. The number of pyridine rings is 1. The van der Waals surface area contributed by atoms with Crippen molar-refractivity contribution in [1.29, 1.82) is 0 Å². The molecule has 0 aliphatic rings. The molecule has 7 rings (SSSR count). The van der Waals surface area contributed by atoms with Gasteiger partial charge in [-0.1, -0.05) is 109 Å². The molecule has 0 N–H and O–H groups in total. The summed E-state index contributed by atoms with van der Waals surface area (Å²) < 4.78 is 0. The number of hydrogen-bond acceptors (Lipinski definition) is 4. The second-order valence-electron chi connectivity index (χ2n) is 9.21. The van der Waals surface area contributed by atoms with Crippen molar-refractivity contribution in [2.24, 2.45) is 0 Å². The van der Waals surface area contributed by atoms with Crippen molar-refractivity contribution in [3.05, 3.63) is 134 Å². The Kier molecular flexibility index (Phi) is 5.41. The van der Waals surface area contributed by atoms with E-state index < -0.39 is 0 Å². The molecule has 0 amide bonds. The average Bonchev–Trinajstić information content (AvgIpc) is 3.01. The summed E-state index contributed by atoms with van der Waals surface area (Å²) in [6, 6.07) is 41.5. The molecule has 7 aromatic rings. The van der Waals surface area contributed by atoms with Crippen LogP contribution in [0.2, 0.25) is 0 Å². The summed E-state index contributed by atoms with van der Waals surface area (Å²) in [6.07, 6.45) is 3.75. The van der Waals surface area contributed by atoms with E-state index in [1.54, 1.807) is 0 Å². The van der Waals surface area contributed by atoms with Gasteiger partial charge in [-0.3, -0.25) is 4.98 Å². The Balaban J connectivity index is 1.36. The van der Waals surface area contributed by atoms with Crippen LogP contribution in [-0.4, -0.2) is 19.9 Å². The highest BCUT2D eigenvalue weighted by molar-refractivity contribution is 6.07. The van der Waals surface area contributed by atoms with Crippen LogP contribution in [0.3, 0.4) is 0 Å². The lowest BCUT2D eigenvalue weighted by molar-refractivity contribution is 1.07. The van der Waals surface area contributed by atoms with Crippen LogP contribution >= 0.6 is 0 Å². The van der Waals surface area contributed by atoms with Gasteiger partial charge < -0.3 is 0 Å². The molecule has 0 aliphatic heterocycles. The van der Waals surface area contributed by atoms with E-state index in [-0.39, 0.29) is 0 Å². The van der Waals surface area contributed by atoms with Crippen LogP contribution in [-0.2, 0) is 0 Å². The summed E-state index contributed by atoms with van der Waals surface area (Å²) in [7, 11) is 0. The van der Waals surface area contributed by atoms with E-state index >= 15 is 0 Å². The van der Waals surface area contributed by atoms with Gasteiger partial charge in [0.1, 0.15) is 0 Å². The molecule has 4 heteroatoms. The largest absolute Gasteiger partial charge is 0.264 e. The van der Waals surface area contributed by atoms with Crippen LogP contribution < -0.4 is 0 Å². The maximum Gasteiger partial charge on any atom is 0.164 e. The van der Waals surface area contributed by atoms with Crippen LogP contribution in [0.25, 0.3) is 66.8 Å². The first-order valence-corrected chi connectivity index (χ1v) is 12.6. The molecule has 0 fully saturated rings. The van der Waals surface area contributed by atoms with E-state index in [1.165, 1.54) is 10.9 Å². The molecule has 0 radical (unpaired) electrons. The first kappa shape index (κ1) is 22.0. The fourth-order valence-electron chi connectivity index (χ4n) is 4.83. The molecule has 2 aromatic heterocycles. The van der Waals surface area contributed by atoms with Gasteiger partial charge in [0.25, 0.3) is 0 Å². The highest BCUT2D eigenvalue weighted by atomic mass is 15.0. The Morgan fingerprint density at radius 3 is 1.61 bits per heavy atom. The lowest BCUT2D eigenvalue weighted by Gasteiger charge is -2.10. The van der Waals surface area contributed by atoms with E-state index in [4.69, 9.17) is 15.0 Å². The third kappa shape index (κ3) is 4.08. The third-order valence-electron chi connectivity index (χ3n) is 6.81. The standard InChI is InChI=1S/C34H22N4/c1-3-7-23(8-4-1)24-11-14-27(15-12-24)33-36-32(26-9-5-2-6-10-26)37-34(38-33)29-17-18-30-28(21-29)16-13-25-19-20-35-22-31(25)30/h1-22H. The van der Waals surface area contributed by atoms with Gasteiger partial charge in [0.15, 0.2) is 17.5 Å². The number of rotatable bonds is 4. The van der Waals surface area contributed by atoms with Gasteiger partial charge in [0, 0.05) is 34.5 Å². The van der Waals surface area contributed by atoms with Crippen LogP contribution in [0.5, 0.6) is 0 Å². The molecule has 0 aliphatic carbocycles. The van der Waals surface area contributed by atoms with Crippen molar-refractivity contribution in [2.45, 2.75) is 0 Å². The maximum atomic E-state index is 4.94. The monoisotopic (exact) mass is 486 g/mol. The summed E-state index contributed by atoms with van der Waals surface area (Å²) in [5.41, 5.74) is 5.18. The summed E-state index contributed by atoms with van der Waals surface area (Å²) in [4.78, 5) is 19.0. The zero-order valence-electron chi connectivity index (χ0n) is 20.5. The van der Waals surface area contributed by atoms with Gasteiger partial charge in [-0.25, -0.2) is 15.0 Å². The quantitative estimate of drug-likeness (QED) is 0.235. The third-order valence-corrected chi connectivity index (χ3v) is 6.81. The van der Waals surface area contributed by atoms with Gasteiger partial charge in [0.2, 0.25) is 0 Å². The highest BCUT2D eigenvalue weighted by Gasteiger charge is 2.13. The predicted molar refractivity (Wildman–Crippen MR) is 154 cm³/mol. The van der Waals surface area contributed by atoms with E-state index in [1.807, 2.05) is 54.9 Å². The smallest absolute Gasteiger partial charge is 0.164 e. The Hall–Kier alpha value is -5.22. The summed E-state index contributed by atoms with van der Waals surface area (Å²) in [6.45, 7) is 0. The van der Waals surface area contributed by atoms with E-state index in [2.05, 4.69) is 83.8 Å². The number of hydrogen-bond donors (Lipinski definition) is 0. The van der Waals surface area contributed by atoms with Crippen molar-refractivity contribution in [3.63, 3.8) is 0 Å². The maximum absolute atomic E-state index is 4.94. The van der Waals surface area contributed by atoms with Crippen LogP contribution in [0.1, 0.15) is 0 Å². The molecule has 0 saturated carbocycles. The second kappa shape index (κ2) is 9.34. The van der Waals surface area contributed by atoms with Gasteiger partial charge in [0.05, 0.1) is 0 Å². The number of aromatic nitrogens is 4. The SMILES string of the molecule is c1ccc(-c2ccc(-c3nc(-c4ccccc4)nc(-c4ccc5c(ccc6ccncc65)c4)n3)cc2)cc1. The number of benzene rings is 5. The van der Waals surface area contributed by atoms with E-state index in [0.717, 1.165) is 38.4 Å². The molecule has 38 heavy (non-hydrogen) atoms. The minimum Gasteiger partial charge on any atom is -0.264 e. The van der Waals surface area contributed by atoms with Crippen molar-refractivity contribution in [3.8, 4) is 45.3 Å². The van der Waals surface area contributed by atoms with Gasteiger partial charge in [-0.05, 0) is 39.4 Å². The lowest BCUT2D eigenvalue weighted by atomic mass is 10.0. The van der Waals surface area contributed by atoms with Crippen LogP contribution in [0.4, 0.5) is 0 Å². The van der Waals surface area contributed by atoms with Crippen molar-refractivity contribution >= 4 is 21.5 Å². The van der Waals surface area contributed by atoms with Crippen molar-refractivity contribution in [1.82, 2.24) is 19.9 Å². The molecule has 0 atom stereocenters. The Labute approximate surface area is 220 Å². The lowest BCUT2D eigenvalue weighted by Crippen LogP contribution is -2.00.